The Kier molecular flexibility index (Phi) is 2.59. The van der Waals surface area contributed by atoms with E-state index < -0.39 is 0 Å². The van der Waals surface area contributed by atoms with Gasteiger partial charge in [-0.2, -0.15) is 0 Å². The molecule has 3 nitrogen and oxygen atoms in total. The van der Waals surface area contributed by atoms with Crippen molar-refractivity contribution in [2.45, 2.75) is 26.4 Å². The van der Waals surface area contributed by atoms with Crippen LogP contribution in [0.4, 0.5) is 0 Å². The summed E-state index contributed by atoms with van der Waals surface area (Å²) in [4.78, 5) is 15.3. The normalized spacial score (nSPS) is 14.9. The summed E-state index contributed by atoms with van der Waals surface area (Å²) >= 11 is 0. The summed E-state index contributed by atoms with van der Waals surface area (Å²) in [5.41, 5.74) is 3.24. The maximum absolute atomic E-state index is 10.9. The molecule has 0 fully saturated rings. The highest BCUT2D eigenvalue weighted by Gasteiger charge is 2.11. The Balaban J connectivity index is 2.24. The Morgan fingerprint density at radius 1 is 1.64 bits per heavy atom. The number of fused-ring (bicyclic) bond motifs is 1. The zero-order valence-electron chi connectivity index (χ0n) is 8.25. The number of rotatable bonds is 2. The third-order valence-corrected chi connectivity index (χ3v) is 2.31. The van der Waals surface area contributed by atoms with Crippen LogP contribution in [-0.2, 0) is 29.0 Å². The minimum atomic E-state index is 0.170. The Morgan fingerprint density at radius 2 is 2.50 bits per heavy atom. The van der Waals surface area contributed by atoms with E-state index in [2.05, 4.69) is 4.98 Å². The maximum Gasteiger partial charge on any atom is 0.134 e. The lowest BCUT2D eigenvalue weighted by molar-refractivity contribution is -0.116. The number of hydrogen-bond acceptors (Lipinski definition) is 3. The molecule has 2 rings (SSSR count). The quantitative estimate of drug-likeness (QED) is 0.707. The summed E-state index contributed by atoms with van der Waals surface area (Å²) in [5, 5.41) is 0. The third-order valence-electron chi connectivity index (χ3n) is 2.31. The molecule has 1 aromatic heterocycles. The monoisotopic (exact) mass is 191 g/mol. The van der Waals surface area contributed by atoms with Gasteiger partial charge < -0.3 is 4.74 Å². The molecule has 0 spiro atoms. The fourth-order valence-electron chi connectivity index (χ4n) is 1.67. The zero-order valence-corrected chi connectivity index (χ0v) is 8.25. The fourth-order valence-corrected chi connectivity index (χ4v) is 1.67. The summed E-state index contributed by atoms with van der Waals surface area (Å²) in [6, 6.07) is 2.03. The summed E-state index contributed by atoms with van der Waals surface area (Å²) in [6.07, 6.45) is 3.15. The van der Waals surface area contributed by atoms with Gasteiger partial charge in [0.25, 0.3) is 0 Å². The van der Waals surface area contributed by atoms with Crippen LogP contribution in [0.2, 0.25) is 0 Å². The molecular formula is C11H13NO2. The molecule has 3 heteroatoms. The second-order valence-corrected chi connectivity index (χ2v) is 3.63. The van der Waals surface area contributed by atoms with Crippen LogP contribution >= 0.6 is 0 Å². The van der Waals surface area contributed by atoms with Crippen molar-refractivity contribution in [2.75, 3.05) is 6.61 Å². The minimum Gasteiger partial charge on any atom is -0.376 e. The van der Waals surface area contributed by atoms with Gasteiger partial charge in [-0.05, 0) is 24.1 Å². The molecule has 74 valence electrons. The first-order valence-corrected chi connectivity index (χ1v) is 4.79. The van der Waals surface area contributed by atoms with Crippen LogP contribution in [0, 0.1) is 0 Å². The van der Waals surface area contributed by atoms with Crippen molar-refractivity contribution in [2.24, 2.45) is 0 Å². The number of carbonyl (C=O) groups excluding carboxylic acids is 1. The topological polar surface area (TPSA) is 39.2 Å². The first-order chi connectivity index (χ1) is 6.75. The summed E-state index contributed by atoms with van der Waals surface area (Å²) in [6.45, 7) is 2.98. The highest BCUT2D eigenvalue weighted by Crippen LogP contribution is 2.15. The number of ether oxygens (including phenoxy) is 1. The highest BCUT2D eigenvalue weighted by atomic mass is 16.5. The van der Waals surface area contributed by atoms with E-state index in [1.54, 1.807) is 13.1 Å². The Morgan fingerprint density at radius 3 is 3.29 bits per heavy atom. The van der Waals surface area contributed by atoms with Gasteiger partial charge in [0.2, 0.25) is 0 Å². The second-order valence-electron chi connectivity index (χ2n) is 3.63. The second kappa shape index (κ2) is 3.88. The van der Waals surface area contributed by atoms with Crippen LogP contribution in [-0.4, -0.2) is 17.4 Å². The average Bonchev–Trinajstić information content (AvgIpc) is 2.17. The molecule has 0 aromatic carbocycles. The lowest BCUT2D eigenvalue weighted by Crippen LogP contribution is -2.12. The molecule has 0 bridgehead atoms. The molecule has 0 radical (unpaired) electrons. The van der Waals surface area contributed by atoms with Gasteiger partial charge in [-0.1, -0.05) is 0 Å². The Hall–Kier alpha value is -1.22. The SMILES string of the molecule is CC(=O)Cc1cnc2c(c1)COCC2. The van der Waals surface area contributed by atoms with E-state index in [1.165, 1.54) is 0 Å². The molecule has 14 heavy (non-hydrogen) atoms. The van der Waals surface area contributed by atoms with Gasteiger partial charge in [-0.3, -0.25) is 9.78 Å². The van der Waals surface area contributed by atoms with Gasteiger partial charge in [0.15, 0.2) is 0 Å². The van der Waals surface area contributed by atoms with Gasteiger partial charge in [0.05, 0.1) is 13.2 Å². The Bertz CT molecular complexity index is 360. The predicted octanol–water partition coefficient (Wildman–Crippen LogP) is 1.29. The Labute approximate surface area is 83.1 Å². The van der Waals surface area contributed by atoms with Crippen molar-refractivity contribution < 1.29 is 9.53 Å². The van der Waals surface area contributed by atoms with Gasteiger partial charge in [-0.25, -0.2) is 0 Å². The standard InChI is InChI=1S/C11H13NO2/c1-8(13)4-9-5-10-7-14-3-2-11(10)12-6-9/h5-6H,2-4,7H2,1H3. The van der Waals surface area contributed by atoms with Crippen molar-refractivity contribution >= 4 is 5.78 Å². The maximum atomic E-state index is 10.9. The lowest BCUT2D eigenvalue weighted by Gasteiger charge is -2.15. The van der Waals surface area contributed by atoms with Gasteiger partial charge in [-0.15, -0.1) is 0 Å². The van der Waals surface area contributed by atoms with Gasteiger partial charge >= 0.3 is 0 Å². The van der Waals surface area contributed by atoms with E-state index in [-0.39, 0.29) is 5.78 Å². The highest BCUT2D eigenvalue weighted by molar-refractivity contribution is 5.78. The van der Waals surface area contributed by atoms with E-state index in [0.29, 0.717) is 13.0 Å². The fraction of sp³-hybridized carbons (Fsp3) is 0.455. The van der Waals surface area contributed by atoms with Gasteiger partial charge in [0.1, 0.15) is 5.78 Å². The number of Topliss-reactive ketones (excluding diaryl/α,β-unsaturated/α-hetero) is 1. The number of hydrogen-bond donors (Lipinski definition) is 0. The summed E-state index contributed by atoms with van der Waals surface area (Å²) < 4.78 is 5.33. The van der Waals surface area contributed by atoms with E-state index >= 15 is 0 Å². The van der Waals surface area contributed by atoms with Crippen LogP contribution in [0.15, 0.2) is 12.3 Å². The molecule has 1 aliphatic rings. The molecular weight excluding hydrogens is 178 g/mol. The molecule has 0 aliphatic carbocycles. The van der Waals surface area contributed by atoms with Crippen LogP contribution in [0.1, 0.15) is 23.7 Å². The zero-order chi connectivity index (χ0) is 9.97. The van der Waals surface area contributed by atoms with E-state index in [0.717, 1.165) is 29.8 Å². The minimum absolute atomic E-state index is 0.170. The first-order valence-electron chi connectivity index (χ1n) is 4.79. The van der Waals surface area contributed by atoms with Crippen molar-refractivity contribution in [3.8, 4) is 0 Å². The third kappa shape index (κ3) is 1.99. The van der Waals surface area contributed by atoms with Crippen LogP contribution in [0.5, 0.6) is 0 Å². The summed E-state index contributed by atoms with van der Waals surface area (Å²) in [7, 11) is 0. The van der Waals surface area contributed by atoms with Crippen LogP contribution < -0.4 is 0 Å². The van der Waals surface area contributed by atoms with Gasteiger partial charge in [0, 0.05) is 24.7 Å². The average molecular weight is 191 g/mol. The van der Waals surface area contributed by atoms with E-state index in [1.807, 2.05) is 6.07 Å². The molecule has 1 aromatic rings. The molecule has 0 saturated heterocycles. The van der Waals surface area contributed by atoms with Crippen molar-refractivity contribution in [1.29, 1.82) is 0 Å². The number of nitrogens with zero attached hydrogens (tertiary/aromatic N) is 1. The smallest absolute Gasteiger partial charge is 0.134 e. The number of aromatic nitrogens is 1. The molecule has 0 saturated carbocycles. The molecule has 0 unspecified atom stereocenters. The van der Waals surface area contributed by atoms with E-state index in [9.17, 15) is 4.79 Å². The molecule has 2 heterocycles. The molecule has 0 N–H and O–H groups in total. The van der Waals surface area contributed by atoms with E-state index in [4.69, 9.17) is 4.74 Å². The summed E-state index contributed by atoms with van der Waals surface area (Å²) in [5.74, 6) is 0.170. The largest absolute Gasteiger partial charge is 0.376 e. The molecule has 0 amide bonds. The van der Waals surface area contributed by atoms with Crippen molar-refractivity contribution in [1.82, 2.24) is 4.98 Å². The molecule has 1 aliphatic heterocycles. The lowest BCUT2D eigenvalue weighted by atomic mass is 10.1. The van der Waals surface area contributed by atoms with Crippen LogP contribution in [0.25, 0.3) is 0 Å². The molecule has 0 atom stereocenters. The predicted molar refractivity (Wildman–Crippen MR) is 52.0 cm³/mol. The van der Waals surface area contributed by atoms with Crippen molar-refractivity contribution in [3.63, 3.8) is 0 Å². The number of carbonyl (C=O) groups is 1. The first kappa shape index (κ1) is 9.34. The van der Waals surface area contributed by atoms with Crippen LogP contribution in [0.3, 0.4) is 0 Å². The number of pyridine rings is 1. The van der Waals surface area contributed by atoms with Crippen molar-refractivity contribution in [3.05, 3.63) is 29.1 Å². The number of ketones is 1.